The molecular formula is C28H30F3N3O5. The van der Waals surface area contributed by atoms with Gasteiger partial charge in [0.15, 0.2) is 0 Å². The zero-order chi connectivity index (χ0) is 27.6. The molecule has 3 aliphatic heterocycles. The molecule has 2 atom stereocenters. The fourth-order valence-corrected chi connectivity index (χ4v) is 5.66. The van der Waals surface area contributed by atoms with E-state index in [9.17, 15) is 27.6 Å². The molecule has 8 nitrogen and oxygen atoms in total. The van der Waals surface area contributed by atoms with Crippen LogP contribution in [-0.2, 0) is 16.0 Å². The van der Waals surface area contributed by atoms with Gasteiger partial charge in [0.05, 0.1) is 12.6 Å². The molecule has 5 rings (SSSR count). The van der Waals surface area contributed by atoms with Crippen LogP contribution in [0.4, 0.5) is 23.7 Å². The Hall–Kier alpha value is -3.76. The number of nitrogens with zero attached hydrogens (tertiary/aromatic N) is 3. The Morgan fingerprint density at radius 3 is 2.41 bits per heavy atom. The first-order chi connectivity index (χ1) is 18.7. The highest BCUT2D eigenvalue weighted by atomic mass is 19.4. The number of aryl methyl sites for hydroxylation is 1. The van der Waals surface area contributed by atoms with Crippen LogP contribution < -0.4 is 9.64 Å². The molecular weight excluding hydrogens is 515 g/mol. The highest BCUT2D eigenvalue weighted by molar-refractivity contribution is 5.96. The van der Waals surface area contributed by atoms with Crippen LogP contribution in [0, 0.1) is 5.92 Å². The van der Waals surface area contributed by atoms with Crippen LogP contribution in [0.5, 0.6) is 5.75 Å². The first-order valence-electron chi connectivity index (χ1n) is 13.2. The highest BCUT2D eigenvalue weighted by Crippen LogP contribution is 2.32. The van der Waals surface area contributed by atoms with Crippen LogP contribution in [0.15, 0.2) is 48.5 Å². The first-order valence-corrected chi connectivity index (χ1v) is 13.2. The van der Waals surface area contributed by atoms with Gasteiger partial charge in [-0.25, -0.2) is 4.79 Å². The summed E-state index contributed by atoms with van der Waals surface area (Å²) in [6.07, 6.45) is -1.95. The molecule has 0 aromatic heterocycles. The third kappa shape index (κ3) is 6.29. The molecule has 3 heterocycles. The van der Waals surface area contributed by atoms with Gasteiger partial charge in [-0.1, -0.05) is 12.1 Å². The van der Waals surface area contributed by atoms with Crippen molar-refractivity contribution < 1.29 is 37.0 Å². The molecule has 2 aromatic carbocycles. The Kier molecular flexibility index (Phi) is 7.67. The molecule has 0 aliphatic carbocycles. The second-order valence-electron chi connectivity index (χ2n) is 10.1. The van der Waals surface area contributed by atoms with E-state index in [-0.39, 0.29) is 42.0 Å². The fourth-order valence-electron chi connectivity index (χ4n) is 5.66. The van der Waals surface area contributed by atoms with E-state index < -0.39 is 6.36 Å². The van der Waals surface area contributed by atoms with Crippen molar-refractivity contribution in [3.63, 3.8) is 0 Å². The number of anilines is 1. The van der Waals surface area contributed by atoms with Crippen molar-refractivity contribution in [2.75, 3.05) is 37.7 Å². The standard InChI is InChI=1S/C28H30F3N3O5/c29-28(30,31)39-23-11-4-19(5-12-23)6-13-25(35)34-14-1-3-21-17-32(18-24(21)34)26(36)20-7-9-22(10-8-20)33-15-2-16-38-27(33)37/h4-5,7-12,21,24H,1-3,6,13-18H2/t21-,24+/m1/s1. The molecule has 0 radical (unpaired) electrons. The predicted octanol–water partition coefficient (Wildman–Crippen LogP) is 4.63. The molecule has 0 unspecified atom stereocenters. The number of cyclic esters (lactones) is 1. The fraction of sp³-hybridized carbons (Fsp3) is 0.464. The van der Waals surface area contributed by atoms with Crippen LogP contribution >= 0.6 is 0 Å². The molecule has 0 N–H and O–H groups in total. The molecule has 39 heavy (non-hydrogen) atoms. The zero-order valence-corrected chi connectivity index (χ0v) is 21.4. The Labute approximate surface area is 224 Å². The molecule has 11 heteroatoms. The molecule has 3 saturated heterocycles. The highest BCUT2D eigenvalue weighted by Gasteiger charge is 2.42. The van der Waals surface area contributed by atoms with Gasteiger partial charge in [-0.15, -0.1) is 13.2 Å². The summed E-state index contributed by atoms with van der Waals surface area (Å²) in [6.45, 7) is 2.65. The van der Waals surface area contributed by atoms with Crippen molar-refractivity contribution in [1.82, 2.24) is 9.80 Å². The van der Waals surface area contributed by atoms with Gasteiger partial charge in [0.25, 0.3) is 5.91 Å². The molecule has 2 aromatic rings. The van der Waals surface area contributed by atoms with E-state index in [4.69, 9.17) is 4.74 Å². The SMILES string of the molecule is O=C(c1ccc(N2CCCOC2=O)cc1)N1C[C@H]2CCCN(C(=O)CCc3ccc(OC(F)(F)F)cc3)[C@H]2C1. The lowest BCUT2D eigenvalue weighted by Gasteiger charge is -2.37. The maximum absolute atomic E-state index is 13.3. The van der Waals surface area contributed by atoms with Crippen molar-refractivity contribution in [3.05, 3.63) is 59.7 Å². The number of rotatable bonds is 6. The Balaban J connectivity index is 1.17. The Morgan fingerprint density at radius 1 is 0.974 bits per heavy atom. The summed E-state index contributed by atoms with van der Waals surface area (Å²) in [5.41, 5.74) is 1.96. The Bertz CT molecular complexity index is 1200. The van der Waals surface area contributed by atoms with E-state index in [0.717, 1.165) is 24.8 Å². The molecule has 3 fully saturated rings. The number of alkyl halides is 3. The summed E-state index contributed by atoms with van der Waals surface area (Å²) in [5.74, 6) is -0.221. The molecule has 3 amide bonds. The predicted molar refractivity (Wildman–Crippen MR) is 135 cm³/mol. The molecule has 3 aliphatic rings. The van der Waals surface area contributed by atoms with E-state index in [1.54, 1.807) is 34.1 Å². The minimum Gasteiger partial charge on any atom is -0.449 e. The quantitative estimate of drug-likeness (QED) is 0.529. The van der Waals surface area contributed by atoms with E-state index in [1.165, 1.54) is 24.3 Å². The summed E-state index contributed by atoms with van der Waals surface area (Å²) >= 11 is 0. The number of halogens is 3. The van der Waals surface area contributed by atoms with Gasteiger partial charge in [-0.2, -0.15) is 0 Å². The van der Waals surface area contributed by atoms with Gasteiger partial charge >= 0.3 is 12.5 Å². The Morgan fingerprint density at radius 2 is 1.72 bits per heavy atom. The monoisotopic (exact) mass is 545 g/mol. The summed E-state index contributed by atoms with van der Waals surface area (Å²) in [5, 5.41) is 0. The largest absolute Gasteiger partial charge is 0.573 e. The molecule has 0 spiro atoms. The van der Waals surface area contributed by atoms with Crippen LogP contribution in [0.2, 0.25) is 0 Å². The van der Waals surface area contributed by atoms with Crippen molar-refractivity contribution in [3.8, 4) is 5.75 Å². The third-order valence-corrected chi connectivity index (χ3v) is 7.57. The minimum atomic E-state index is -4.74. The molecule has 0 bridgehead atoms. The lowest BCUT2D eigenvalue weighted by atomic mass is 9.91. The van der Waals surface area contributed by atoms with E-state index in [0.29, 0.717) is 50.5 Å². The number of hydrogen-bond acceptors (Lipinski definition) is 5. The van der Waals surface area contributed by atoms with E-state index >= 15 is 0 Å². The number of piperidine rings is 1. The normalized spacial score (nSPS) is 21.4. The number of carbonyl (C=O) groups is 3. The average Bonchev–Trinajstić information content (AvgIpc) is 3.36. The van der Waals surface area contributed by atoms with Crippen molar-refractivity contribution in [2.24, 2.45) is 5.92 Å². The van der Waals surface area contributed by atoms with E-state index in [1.807, 2.05) is 4.90 Å². The maximum atomic E-state index is 13.3. The van der Waals surface area contributed by atoms with Crippen LogP contribution in [0.1, 0.15) is 41.6 Å². The minimum absolute atomic E-state index is 0.0209. The number of amides is 3. The smallest absolute Gasteiger partial charge is 0.449 e. The molecule has 0 saturated carbocycles. The summed E-state index contributed by atoms with van der Waals surface area (Å²) in [6, 6.07) is 12.4. The number of hydrogen-bond donors (Lipinski definition) is 0. The van der Waals surface area contributed by atoms with Crippen molar-refractivity contribution >= 4 is 23.6 Å². The topological polar surface area (TPSA) is 79.4 Å². The number of fused-ring (bicyclic) bond motifs is 1. The van der Waals surface area contributed by atoms with Gasteiger partial charge in [0.2, 0.25) is 5.91 Å². The molecule has 208 valence electrons. The maximum Gasteiger partial charge on any atom is 0.573 e. The van der Waals surface area contributed by atoms with Crippen LogP contribution in [0.25, 0.3) is 0 Å². The van der Waals surface area contributed by atoms with Crippen LogP contribution in [0.3, 0.4) is 0 Å². The number of ether oxygens (including phenoxy) is 2. The van der Waals surface area contributed by atoms with Gasteiger partial charge in [0.1, 0.15) is 5.75 Å². The number of benzene rings is 2. The van der Waals surface area contributed by atoms with Crippen molar-refractivity contribution in [2.45, 2.75) is 44.5 Å². The first kappa shape index (κ1) is 26.8. The van der Waals surface area contributed by atoms with Gasteiger partial charge in [-0.3, -0.25) is 14.5 Å². The lowest BCUT2D eigenvalue weighted by Crippen LogP contribution is -2.48. The second-order valence-corrected chi connectivity index (χ2v) is 10.1. The summed E-state index contributed by atoms with van der Waals surface area (Å²) in [7, 11) is 0. The third-order valence-electron chi connectivity index (χ3n) is 7.57. The lowest BCUT2D eigenvalue weighted by molar-refractivity contribution is -0.274. The van der Waals surface area contributed by atoms with Gasteiger partial charge < -0.3 is 19.3 Å². The summed E-state index contributed by atoms with van der Waals surface area (Å²) < 4.78 is 46.1. The van der Waals surface area contributed by atoms with Crippen molar-refractivity contribution in [1.29, 1.82) is 0 Å². The number of carbonyl (C=O) groups excluding carboxylic acids is 3. The second kappa shape index (κ2) is 11.2. The van der Waals surface area contributed by atoms with Gasteiger partial charge in [0, 0.05) is 43.9 Å². The number of likely N-dealkylation sites (tertiary alicyclic amines) is 2. The van der Waals surface area contributed by atoms with E-state index in [2.05, 4.69) is 4.74 Å². The van der Waals surface area contributed by atoms with Crippen LogP contribution in [-0.4, -0.2) is 72.9 Å². The zero-order valence-electron chi connectivity index (χ0n) is 21.4. The average molecular weight is 546 g/mol. The summed E-state index contributed by atoms with van der Waals surface area (Å²) in [4.78, 5) is 43.6. The van der Waals surface area contributed by atoms with Gasteiger partial charge in [-0.05, 0) is 73.6 Å².